The van der Waals surface area contributed by atoms with Gasteiger partial charge in [0.05, 0.1) is 0 Å². The maximum absolute atomic E-state index is 13.3. The minimum Gasteiger partial charge on any atom is -0.207 e. The number of halogens is 3. The van der Waals surface area contributed by atoms with Gasteiger partial charge in [-0.3, -0.25) is 0 Å². The normalized spacial score (nSPS) is 11.4. The molecule has 0 aliphatic rings. The number of benzene rings is 3. The standard InChI is InChI=1S/C19H14F3P/c1-23(17-8-2-14(20)3-9-17,18-10-4-15(21)5-11-18)19-12-6-16(22)7-13-19/h2-13H,1H2. The van der Waals surface area contributed by atoms with E-state index < -0.39 is 6.89 Å². The molecule has 4 heteroatoms. The van der Waals surface area contributed by atoms with Crippen LogP contribution < -0.4 is 15.9 Å². The fourth-order valence-electron chi connectivity index (χ4n) is 2.53. The molecule has 0 aromatic heterocycles. The van der Waals surface area contributed by atoms with E-state index >= 15 is 0 Å². The quantitative estimate of drug-likeness (QED) is 0.640. The Kier molecular flexibility index (Phi) is 4.14. The maximum Gasteiger partial charge on any atom is 0.123 e. The molecule has 116 valence electrons. The van der Waals surface area contributed by atoms with Crippen LogP contribution in [0.2, 0.25) is 0 Å². The predicted octanol–water partition coefficient (Wildman–Crippen LogP) is 3.83. The Morgan fingerprint density at radius 1 is 0.478 bits per heavy atom. The summed E-state index contributed by atoms with van der Waals surface area (Å²) in [4.78, 5) is 0. The van der Waals surface area contributed by atoms with Gasteiger partial charge in [-0.05, 0) is 59.2 Å². The molecular weight excluding hydrogens is 316 g/mol. The Balaban J connectivity index is 2.24. The van der Waals surface area contributed by atoms with Crippen LogP contribution in [0.3, 0.4) is 0 Å². The second-order valence-corrected chi connectivity index (χ2v) is 8.41. The van der Waals surface area contributed by atoms with Gasteiger partial charge in [0.15, 0.2) is 0 Å². The molecule has 0 N–H and O–H groups in total. The van der Waals surface area contributed by atoms with Crippen molar-refractivity contribution in [3.8, 4) is 0 Å². The van der Waals surface area contributed by atoms with E-state index in [0.29, 0.717) is 0 Å². The van der Waals surface area contributed by atoms with E-state index in [0.717, 1.165) is 15.9 Å². The van der Waals surface area contributed by atoms with E-state index in [9.17, 15) is 13.2 Å². The first-order valence-electron chi connectivity index (χ1n) is 7.02. The highest BCUT2D eigenvalue weighted by molar-refractivity contribution is 7.93. The SMILES string of the molecule is C=P(c1ccc(F)cc1)(c1ccc(F)cc1)c1ccc(F)cc1. The minimum absolute atomic E-state index is 0.335. The topological polar surface area (TPSA) is 0 Å². The van der Waals surface area contributed by atoms with Crippen LogP contribution in [0.15, 0.2) is 72.8 Å². The third-order valence-electron chi connectivity index (χ3n) is 3.80. The Hall–Kier alpha value is -2.25. The van der Waals surface area contributed by atoms with Crippen molar-refractivity contribution in [2.45, 2.75) is 0 Å². The van der Waals surface area contributed by atoms with Crippen LogP contribution in [-0.2, 0) is 0 Å². The average molecular weight is 330 g/mol. The lowest BCUT2D eigenvalue weighted by Gasteiger charge is -2.26. The molecule has 0 unspecified atom stereocenters. The van der Waals surface area contributed by atoms with Gasteiger partial charge in [0.25, 0.3) is 0 Å². The van der Waals surface area contributed by atoms with Gasteiger partial charge in [-0.1, -0.05) is 42.7 Å². The Labute approximate surface area is 133 Å². The van der Waals surface area contributed by atoms with E-state index in [1.54, 1.807) is 36.4 Å². The first-order valence-corrected chi connectivity index (χ1v) is 8.99. The number of rotatable bonds is 3. The van der Waals surface area contributed by atoms with Gasteiger partial charge in [-0.25, -0.2) is 13.2 Å². The number of hydrogen-bond donors (Lipinski definition) is 0. The Bertz CT molecular complexity index is 733. The molecule has 3 rings (SSSR count). The van der Waals surface area contributed by atoms with Crippen LogP contribution in [0.25, 0.3) is 0 Å². The molecule has 0 spiro atoms. The fraction of sp³-hybridized carbons (Fsp3) is 0. The summed E-state index contributed by atoms with van der Waals surface area (Å²) >= 11 is 0. The monoisotopic (exact) mass is 330 g/mol. The van der Waals surface area contributed by atoms with Crippen LogP contribution in [0.4, 0.5) is 13.2 Å². The molecule has 0 aliphatic carbocycles. The summed E-state index contributed by atoms with van der Waals surface area (Å²) in [6.45, 7) is -2.34. The second-order valence-electron chi connectivity index (χ2n) is 5.24. The van der Waals surface area contributed by atoms with E-state index in [4.69, 9.17) is 0 Å². The van der Waals surface area contributed by atoms with Gasteiger partial charge in [0.1, 0.15) is 17.5 Å². The molecule has 0 bridgehead atoms. The molecule has 0 nitrogen and oxygen atoms in total. The second kappa shape index (κ2) is 6.10. The summed E-state index contributed by atoms with van der Waals surface area (Å²) in [7, 11) is 0. The molecule has 0 amide bonds. The van der Waals surface area contributed by atoms with Crippen LogP contribution in [0.5, 0.6) is 0 Å². The third-order valence-corrected chi connectivity index (χ3v) is 7.34. The van der Waals surface area contributed by atoms with Gasteiger partial charge in [-0.15, -0.1) is 0 Å². The van der Waals surface area contributed by atoms with Crippen LogP contribution in [-0.4, -0.2) is 6.30 Å². The molecule has 0 fully saturated rings. The van der Waals surface area contributed by atoms with Gasteiger partial charge >= 0.3 is 0 Å². The Morgan fingerprint density at radius 2 is 0.696 bits per heavy atom. The van der Waals surface area contributed by atoms with E-state index in [2.05, 4.69) is 6.30 Å². The molecule has 0 aliphatic heterocycles. The molecule has 0 heterocycles. The predicted molar refractivity (Wildman–Crippen MR) is 92.1 cm³/mol. The van der Waals surface area contributed by atoms with Crippen LogP contribution >= 0.6 is 6.89 Å². The molecule has 3 aromatic carbocycles. The summed E-state index contributed by atoms with van der Waals surface area (Å²) in [6, 6.07) is 18.4. The first-order chi connectivity index (χ1) is 11.0. The number of hydrogen-bond acceptors (Lipinski definition) is 0. The van der Waals surface area contributed by atoms with Crippen molar-refractivity contribution >= 4 is 29.1 Å². The third kappa shape index (κ3) is 2.97. The summed E-state index contributed by atoms with van der Waals surface area (Å²) in [5.41, 5.74) is 0. The zero-order valence-corrected chi connectivity index (χ0v) is 13.1. The van der Waals surface area contributed by atoms with Crippen LogP contribution in [0.1, 0.15) is 0 Å². The lowest BCUT2D eigenvalue weighted by atomic mass is 10.3. The van der Waals surface area contributed by atoms with Gasteiger partial charge in [-0.2, -0.15) is 0 Å². The fourth-order valence-corrected chi connectivity index (χ4v) is 5.40. The molecular formula is C19H14F3P. The van der Waals surface area contributed by atoms with Crippen molar-refractivity contribution in [2.24, 2.45) is 0 Å². The summed E-state index contributed by atoms with van der Waals surface area (Å²) < 4.78 is 39.8. The maximum atomic E-state index is 13.3. The highest BCUT2D eigenvalue weighted by atomic mass is 31.2. The van der Waals surface area contributed by atoms with E-state index in [-0.39, 0.29) is 17.5 Å². The summed E-state index contributed by atoms with van der Waals surface area (Å²) in [6.07, 6.45) is 4.41. The zero-order valence-electron chi connectivity index (χ0n) is 12.2. The lowest BCUT2D eigenvalue weighted by Crippen LogP contribution is -2.25. The smallest absolute Gasteiger partial charge is 0.123 e. The summed E-state index contributed by atoms with van der Waals surface area (Å²) in [5.74, 6) is -1.00. The molecule has 0 radical (unpaired) electrons. The van der Waals surface area contributed by atoms with E-state index in [1.165, 1.54) is 36.4 Å². The lowest BCUT2D eigenvalue weighted by molar-refractivity contribution is 0.628. The highest BCUT2D eigenvalue weighted by Crippen LogP contribution is 2.41. The van der Waals surface area contributed by atoms with Crippen molar-refractivity contribution in [3.05, 3.63) is 90.2 Å². The van der Waals surface area contributed by atoms with Gasteiger partial charge in [0.2, 0.25) is 0 Å². The van der Waals surface area contributed by atoms with Crippen molar-refractivity contribution in [2.75, 3.05) is 0 Å². The van der Waals surface area contributed by atoms with Crippen molar-refractivity contribution in [3.63, 3.8) is 0 Å². The van der Waals surface area contributed by atoms with Crippen molar-refractivity contribution < 1.29 is 13.2 Å². The molecule has 0 atom stereocenters. The van der Waals surface area contributed by atoms with Crippen molar-refractivity contribution in [1.29, 1.82) is 0 Å². The van der Waals surface area contributed by atoms with Gasteiger partial charge in [0, 0.05) is 0 Å². The van der Waals surface area contributed by atoms with E-state index in [1.807, 2.05) is 0 Å². The molecule has 3 aromatic rings. The highest BCUT2D eigenvalue weighted by Gasteiger charge is 2.22. The first kappa shape index (κ1) is 15.6. The minimum atomic E-state index is -2.34. The zero-order chi connectivity index (χ0) is 16.4. The summed E-state index contributed by atoms with van der Waals surface area (Å²) in [5, 5.41) is 2.53. The molecule has 0 saturated carbocycles. The van der Waals surface area contributed by atoms with Crippen LogP contribution in [0, 0.1) is 17.5 Å². The Morgan fingerprint density at radius 3 is 0.913 bits per heavy atom. The molecule has 0 saturated heterocycles. The molecule has 23 heavy (non-hydrogen) atoms. The largest absolute Gasteiger partial charge is 0.207 e. The van der Waals surface area contributed by atoms with Gasteiger partial charge < -0.3 is 0 Å². The average Bonchev–Trinajstić information content (AvgIpc) is 2.56. The van der Waals surface area contributed by atoms with Crippen molar-refractivity contribution in [1.82, 2.24) is 0 Å².